The van der Waals surface area contributed by atoms with Gasteiger partial charge in [0.2, 0.25) is 41.4 Å². The van der Waals surface area contributed by atoms with Gasteiger partial charge in [0, 0.05) is 61.2 Å². The second-order valence-corrected chi connectivity index (χ2v) is 27.0. The molecule has 2 aliphatic heterocycles. The molecule has 2 heterocycles. The molecule has 4 aliphatic rings. The number of carbonyl (C=O) groups excluding carboxylic acids is 9. The molecule has 0 unspecified atom stereocenters. The van der Waals surface area contributed by atoms with E-state index in [0.29, 0.717) is 11.3 Å². The Labute approximate surface area is 515 Å². The Hall–Kier alpha value is -7.62. The predicted molar refractivity (Wildman–Crippen MR) is 336 cm³/mol. The molecule has 2 aliphatic carbocycles. The van der Waals surface area contributed by atoms with Crippen molar-refractivity contribution in [1.29, 1.82) is 0 Å². The quantitative estimate of drug-likeness (QED) is 0.0575. The van der Waals surface area contributed by atoms with Crippen molar-refractivity contribution in [2.45, 2.75) is 166 Å². The molecule has 8 N–H and O–H groups in total. The van der Waals surface area contributed by atoms with E-state index >= 15 is 4.79 Å². The Morgan fingerprint density at radius 2 is 1.13 bits per heavy atom. The monoisotopic (exact) mass is 1210 g/mol. The zero-order chi connectivity index (χ0) is 63.1. The third kappa shape index (κ3) is 15.6. The summed E-state index contributed by atoms with van der Waals surface area (Å²) in [6.07, 6.45) is 5.29. The molecule has 0 radical (unpaired) electrons. The standard InChI is InChI=1S/C66H87N11O9S/c1-38(67-8)57(79)73-55(65(3,4)5)63(85)77-36-47(34-53(77)62(84)72-51-25-17-21-41-19-13-15-23-49(41)51)70-60(82)43-28-26-42(27-29-43)59(81)69-46-31-30-44-33-52(61(83)71-50-24-16-20-40-18-12-14-22-48(40)50)76(35-45(44)32-46)64(86)56(74-58(80)39(2)68-9)66(6,7)87-37-54(78)75(10)11/h12-15,18-19,22-23,26-32,38-39,47,50-53,55-56,67-68H,16-17,20-21,24-25,33-37H2,1-11H3,(H,69,81)(H,70,82)(H,71,83)(H,72,84)(H,73,79)(H,74,80)/t38-,39-,47-,50+,51+,52-,53-,55+,56+/m0/s1. The smallest absolute Gasteiger partial charge is 0.255 e. The molecule has 466 valence electrons. The maximum atomic E-state index is 15.4. The number of likely N-dealkylation sites (N-methyl/N-ethyl adjacent to an activating group) is 2. The fraction of sp³-hybridized carbons (Fsp3) is 0.500. The Kier molecular flexibility index (Phi) is 21.1. The minimum Gasteiger partial charge on any atom is -0.348 e. The maximum absolute atomic E-state index is 15.4. The van der Waals surface area contributed by atoms with E-state index in [-0.39, 0.29) is 78.5 Å². The van der Waals surface area contributed by atoms with Crippen LogP contribution >= 0.6 is 11.8 Å². The number of nitrogens with zero attached hydrogens (tertiary/aromatic N) is 3. The molecule has 1 fully saturated rings. The summed E-state index contributed by atoms with van der Waals surface area (Å²) in [5, 5.41) is 24.2. The van der Waals surface area contributed by atoms with Gasteiger partial charge in [0.25, 0.3) is 11.8 Å². The van der Waals surface area contributed by atoms with Gasteiger partial charge in [0.1, 0.15) is 24.2 Å². The van der Waals surface area contributed by atoms with Crippen molar-refractivity contribution >= 4 is 70.6 Å². The van der Waals surface area contributed by atoms with Crippen LogP contribution in [0.1, 0.15) is 147 Å². The van der Waals surface area contributed by atoms with Crippen molar-refractivity contribution in [2.75, 3.05) is 45.8 Å². The summed E-state index contributed by atoms with van der Waals surface area (Å²) in [4.78, 5) is 132. The Morgan fingerprint density at radius 3 is 1.67 bits per heavy atom. The highest BCUT2D eigenvalue weighted by atomic mass is 32.2. The van der Waals surface area contributed by atoms with Gasteiger partial charge in [-0.05, 0) is 162 Å². The van der Waals surface area contributed by atoms with Gasteiger partial charge in [0.05, 0.1) is 29.9 Å². The molecule has 9 amide bonds. The van der Waals surface area contributed by atoms with Crippen molar-refractivity contribution in [3.8, 4) is 0 Å². The lowest BCUT2D eigenvalue weighted by Crippen LogP contribution is -2.63. The van der Waals surface area contributed by atoms with Crippen LogP contribution in [-0.4, -0.2) is 155 Å². The first-order valence-electron chi connectivity index (χ1n) is 30.3. The van der Waals surface area contributed by atoms with E-state index in [1.165, 1.54) is 50.7 Å². The van der Waals surface area contributed by atoms with E-state index in [4.69, 9.17) is 0 Å². The zero-order valence-corrected chi connectivity index (χ0v) is 52.9. The van der Waals surface area contributed by atoms with Crippen molar-refractivity contribution in [3.05, 3.63) is 136 Å². The number of hydrogen-bond donors (Lipinski definition) is 8. The molecular weight excluding hydrogens is 1120 g/mol. The van der Waals surface area contributed by atoms with Gasteiger partial charge in [-0.15, -0.1) is 11.8 Å². The maximum Gasteiger partial charge on any atom is 0.255 e. The van der Waals surface area contributed by atoms with Crippen molar-refractivity contribution in [2.24, 2.45) is 5.41 Å². The van der Waals surface area contributed by atoms with Crippen LogP contribution in [0, 0.1) is 5.41 Å². The normalized spacial score (nSPS) is 20.4. The molecule has 1 saturated heterocycles. The SMILES string of the molecule is CN[C@@H](C)C(=O)N[C@H](C(=O)N1C[C@@H](NC(=O)c2ccc(C(=O)Nc3ccc4c(c3)CN(C(=O)[C@@H](NC(=O)[C@H](C)NC)C(C)(C)SCC(=O)N(C)C)[C@H](C(=O)N[C@@H]3CCCc5ccccc53)C4)cc2)C[C@H]1C(=O)N[C@@H]1CCCc2ccccc21)C(C)(C)C. The number of benzene rings is 4. The van der Waals surface area contributed by atoms with Gasteiger partial charge in [-0.25, -0.2) is 0 Å². The fourth-order valence-corrected chi connectivity index (χ4v) is 13.0. The van der Waals surface area contributed by atoms with E-state index in [1.54, 1.807) is 68.0 Å². The second kappa shape index (κ2) is 28.0. The van der Waals surface area contributed by atoms with Crippen molar-refractivity contribution in [3.63, 3.8) is 0 Å². The topological polar surface area (TPSA) is 260 Å². The molecule has 8 rings (SSSR count). The van der Waals surface area contributed by atoms with E-state index in [0.717, 1.165) is 66.3 Å². The summed E-state index contributed by atoms with van der Waals surface area (Å²) in [5.74, 6) is -3.52. The average molecular weight is 1210 g/mol. The van der Waals surface area contributed by atoms with Crippen LogP contribution in [0.4, 0.5) is 5.69 Å². The summed E-state index contributed by atoms with van der Waals surface area (Å²) < 4.78 is -1.04. The Morgan fingerprint density at radius 1 is 0.609 bits per heavy atom. The summed E-state index contributed by atoms with van der Waals surface area (Å²) in [6, 6.07) is 21.0. The average Bonchev–Trinajstić information content (AvgIpc) is 1.65. The molecule has 21 heteroatoms. The lowest BCUT2D eigenvalue weighted by atomic mass is 9.85. The summed E-state index contributed by atoms with van der Waals surface area (Å²) in [6.45, 7) is 12.5. The van der Waals surface area contributed by atoms with Gasteiger partial charge in [-0.1, -0.05) is 75.4 Å². The minimum atomic E-state index is -1.18. The number of carbonyl (C=O) groups is 9. The van der Waals surface area contributed by atoms with Crippen LogP contribution in [0.15, 0.2) is 91.0 Å². The van der Waals surface area contributed by atoms with Gasteiger partial charge in [-0.2, -0.15) is 0 Å². The van der Waals surface area contributed by atoms with E-state index in [1.807, 2.05) is 63.2 Å². The molecule has 0 saturated carbocycles. The molecule has 20 nitrogen and oxygen atoms in total. The summed E-state index contributed by atoms with van der Waals surface area (Å²) >= 11 is 1.24. The van der Waals surface area contributed by atoms with Crippen LogP contribution in [0.25, 0.3) is 0 Å². The molecule has 0 spiro atoms. The fourth-order valence-electron chi connectivity index (χ4n) is 11.9. The molecular formula is C66H87N11O9S. The van der Waals surface area contributed by atoms with Gasteiger partial charge < -0.3 is 57.2 Å². The number of anilines is 1. The molecule has 0 bridgehead atoms. The molecule has 4 aromatic carbocycles. The number of rotatable bonds is 20. The summed E-state index contributed by atoms with van der Waals surface area (Å²) in [7, 11) is 6.59. The second-order valence-electron chi connectivity index (χ2n) is 25.4. The van der Waals surface area contributed by atoms with Gasteiger partial charge in [0.15, 0.2) is 0 Å². The number of likely N-dealkylation sites (tertiary alicyclic amines) is 1. The van der Waals surface area contributed by atoms with Gasteiger partial charge >= 0.3 is 0 Å². The van der Waals surface area contributed by atoms with Crippen LogP contribution in [0.3, 0.4) is 0 Å². The molecule has 9 atom stereocenters. The lowest BCUT2D eigenvalue weighted by molar-refractivity contribution is -0.145. The van der Waals surface area contributed by atoms with Gasteiger partial charge in [-0.3, -0.25) is 43.2 Å². The first-order chi connectivity index (χ1) is 41.3. The van der Waals surface area contributed by atoms with Crippen molar-refractivity contribution < 1.29 is 43.2 Å². The highest BCUT2D eigenvalue weighted by Gasteiger charge is 2.48. The van der Waals surface area contributed by atoms with Crippen molar-refractivity contribution in [1.82, 2.24) is 51.9 Å². The van der Waals surface area contributed by atoms with Crippen LogP contribution in [0.2, 0.25) is 0 Å². The number of thioether (sulfide) groups is 1. The molecule has 4 aromatic rings. The van der Waals surface area contributed by atoms with Crippen LogP contribution < -0.4 is 42.5 Å². The zero-order valence-electron chi connectivity index (χ0n) is 52.1. The Bertz CT molecular complexity index is 3240. The van der Waals surface area contributed by atoms with Crippen LogP contribution in [-0.2, 0) is 59.4 Å². The van der Waals surface area contributed by atoms with E-state index in [9.17, 15) is 38.4 Å². The number of aryl methyl sites for hydroxylation is 2. The summed E-state index contributed by atoms with van der Waals surface area (Å²) in [5.41, 5.74) is 6.02. The largest absolute Gasteiger partial charge is 0.348 e. The van der Waals surface area contributed by atoms with E-state index < -0.39 is 82.0 Å². The minimum absolute atomic E-state index is 0.00778. The highest BCUT2D eigenvalue weighted by Crippen LogP contribution is 2.36. The Balaban J connectivity index is 0.996. The third-order valence-electron chi connectivity index (χ3n) is 17.5. The number of nitrogens with one attached hydrogen (secondary N) is 8. The molecule has 0 aromatic heterocycles. The predicted octanol–water partition coefficient (Wildman–Crippen LogP) is 5.11. The lowest BCUT2D eigenvalue weighted by Gasteiger charge is -2.42. The first-order valence-corrected chi connectivity index (χ1v) is 31.3. The number of amides is 9. The first kappa shape index (κ1) is 65.4. The third-order valence-corrected chi connectivity index (χ3v) is 18.9. The highest BCUT2D eigenvalue weighted by molar-refractivity contribution is 8.01. The van der Waals surface area contributed by atoms with E-state index in [2.05, 4.69) is 54.7 Å². The van der Waals surface area contributed by atoms with Crippen LogP contribution in [0.5, 0.6) is 0 Å². The number of hydrogen-bond acceptors (Lipinski definition) is 12. The number of fused-ring (bicyclic) bond motifs is 3. The molecule has 87 heavy (non-hydrogen) atoms.